The molecule has 0 unspecified atom stereocenters. The third kappa shape index (κ3) is 5.51. The Kier molecular flexibility index (Phi) is 7.11. The number of nitro benzene ring substituents is 1. The van der Waals surface area contributed by atoms with E-state index in [2.05, 4.69) is 4.72 Å². The Morgan fingerprint density at radius 3 is 2.46 bits per heavy atom. The van der Waals surface area contributed by atoms with Crippen molar-refractivity contribution in [3.8, 4) is 0 Å². The third-order valence-electron chi connectivity index (χ3n) is 3.87. The lowest BCUT2D eigenvalue weighted by Crippen LogP contribution is -2.31. The number of nitro groups is 1. The zero-order chi connectivity index (χ0) is 20.9. The fourth-order valence-corrected chi connectivity index (χ4v) is 4.22. The summed E-state index contributed by atoms with van der Waals surface area (Å²) in [6, 6.07) is 9.14. The number of hydrogen-bond donors (Lipinski definition) is 1. The van der Waals surface area contributed by atoms with Crippen LogP contribution in [-0.2, 0) is 19.6 Å². The zero-order valence-electron chi connectivity index (χ0n) is 15.2. The fraction of sp³-hybridized carbons (Fsp3) is 0.278. The molecule has 0 amide bonds. The number of benzene rings is 2. The zero-order valence-corrected chi connectivity index (χ0v) is 16.8. The van der Waals surface area contributed by atoms with Crippen molar-refractivity contribution in [2.75, 3.05) is 6.61 Å². The fourth-order valence-electron chi connectivity index (χ4n) is 2.48. The summed E-state index contributed by atoms with van der Waals surface area (Å²) in [6.07, 6.45) is -0.247. The molecule has 0 fully saturated rings. The van der Waals surface area contributed by atoms with E-state index in [9.17, 15) is 23.3 Å². The minimum Gasteiger partial charge on any atom is -0.466 e. The molecule has 0 aliphatic carbocycles. The van der Waals surface area contributed by atoms with E-state index in [1.165, 1.54) is 0 Å². The van der Waals surface area contributed by atoms with Gasteiger partial charge in [0, 0.05) is 12.1 Å². The lowest BCUT2D eigenvalue weighted by atomic mass is 10.0. The standard InChI is InChI=1S/C18H19ClN2O6S/c1-3-27-18(22)11-16(13-6-4-12(2)5-7-13)20-28(25,26)17-10-14(21(23)24)8-9-15(17)19/h4-10,16,20H,3,11H2,1-2H3/t16-/m1/s1. The minimum absolute atomic E-state index is 0.156. The Bertz CT molecular complexity index is 976. The maximum Gasteiger partial charge on any atom is 0.307 e. The highest BCUT2D eigenvalue weighted by Gasteiger charge is 2.27. The van der Waals surface area contributed by atoms with Crippen molar-refractivity contribution in [3.63, 3.8) is 0 Å². The number of hydrogen-bond acceptors (Lipinski definition) is 6. The number of esters is 1. The lowest BCUT2D eigenvalue weighted by Gasteiger charge is -2.19. The Morgan fingerprint density at radius 1 is 1.25 bits per heavy atom. The summed E-state index contributed by atoms with van der Waals surface area (Å²) in [6.45, 7) is 3.67. The number of nitrogens with zero attached hydrogens (tertiary/aromatic N) is 1. The molecule has 0 spiro atoms. The van der Waals surface area contributed by atoms with Gasteiger partial charge < -0.3 is 4.74 Å². The van der Waals surface area contributed by atoms with E-state index >= 15 is 0 Å². The molecule has 28 heavy (non-hydrogen) atoms. The molecular formula is C18H19ClN2O6S. The van der Waals surface area contributed by atoms with E-state index in [4.69, 9.17) is 16.3 Å². The Morgan fingerprint density at radius 2 is 1.89 bits per heavy atom. The highest BCUT2D eigenvalue weighted by molar-refractivity contribution is 7.89. The first-order valence-electron chi connectivity index (χ1n) is 8.32. The molecule has 0 saturated heterocycles. The van der Waals surface area contributed by atoms with Crippen molar-refractivity contribution in [3.05, 3.63) is 68.7 Å². The number of carbonyl (C=O) groups excluding carboxylic acids is 1. The number of sulfonamides is 1. The average molecular weight is 427 g/mol. The van der Waals surface area contributed by atoms with Gasteiger partial charge in [0.2, 0.25) is 10.0 Å². The molecule has 0 aliphatic rings. The smallest absolute Gasteiger partial charge is 0.307 e. The highest BCUT2D eigenvalue weighted by Crippen LogP contribution is 2.28. The molecule has 0 bridgehead atoms. The first-order chi connectivity index (χ1) is 13.1. The van der Waals surface area contributed by atoms with Crippen LogP contribution < -0.4 is 4.72 Å². The number of non-ortho nitro benzene ring substituents is 1. The van der Waals surface area contributed by atoms with Crippen molar-refractivity contribution in [1.82, 2.24) is 4.72 Å². The van der Waals surface area contributed by atoms with Crippen molar-refractivity contribution >= 4 is 33.3 Å². The van der Waals surface area contributed by atoms with Gasteiger partial charge in [0.1, 0.15) is 4.90 Å². The van der Waals surface area contributed by atoms with E-state index < -0.39 is 37.5 Å². The van der Waals surface area contributed by atoms with Gasteiger partial charge in [0.15, 0.2) is 0 Å². The summed E-state index contributed by atoms with van der Waals surface area (Å²) in [7, 11) is -4.26. The maximum atomic E-state index is 12.8. The van der Waals surface area contributed by atoms with Crippen LogP contribution >= 0.6 is 11.6 Å². The number of carbonyl (C=O) groups is 1. The van der Waals surface area contributed by atoms with Gasteiger partial charge in [-0.3, -0.25) is 14.9 Å². The lowest BCUT2D eigenvalue weighted by molar-refractivity contribution is -0.385. The van der Waals surface area contributed by atoms with Crippen molar-refractivity contribution in [2.45, 2.75) is 31.2 Å². The predicted octanol–water partition coefficient (Wildman–Crippen LogP) is 3.53. The Labute approximate surface area is 167 Å². The van der Waals surface area contributed by atoms with E-state index in [1.807, 2.05) is 6.92 Å². The van der Waals surface area contributed by atoms with Gasteiger partial charge in [-0.1, -0.05) is 41.4 Å². The molecule has 1 N–H and O–H groups in total. The van der Waals surface area contributed by atoms with Gasteiger partial charge in [0.05, 0.1) is 29.0 Å². The average Bonchev–Trinajstić information content (AvgIpc) is 2.61. The third-order valence-corrected chi connectivity index (χ3v) is 5.82. The maximum absolute atomic E-state index is 12.8. The second-order valence-electron chi connectivity index (χ2n) is 5.97. The molecule has 0 saturated carbocycles. The molecule has 0 heterocycles. The highest BCUT2D eigenvalue weighted by atomic mass is 35.5. The first kappa shape index (κ1) is 21.8. The van der Waals surface area contributed by atoms with Crippen LogP contribution in [0.2, 0.25) is 5.02 Å². The van der Waals surface area contributed by atoms with Crippen LogP contribution in [0.15, 0.2) is 47.4 Å². The number of aryl methyl sites for hydroxylation is 1. The van der Waals surface area contributed by atoms with E-state index in [1.54, 1.807) is 31.2 Å². The Hall–Kier alpha value is -2.49. The van der Waals surface area contributed by atoms with E-state index in [0.717, 1.165) is 23.8 Å². The monoisotopic (exact) mass is 426 g/mol. The SMILES string of the molecule is CCOC(=O)C[C@@H](NS(=O)(=O)c1cc([N+](=O)[O-])ccc1Cl)c1ccc(C)cc1. The van der Waals surface area contributed by atoms with Crippen LogP contribution in [0.25, 0.3) is 0 Å². The van der Waals surface area contributed by atoms with Gasteiger partial charge in [-0.15, -0.1) is 0 Å². The van der Waals surface area contributed by atoms with Crippen LogP contribution in [0.3, 0.4) is 0 Å². The summed E-state index contributed by atoms with van der Waals surface area (Å²) in [5.41, 5.74) is 1.09. The van der Waals surface area contributed by atoms with Crippen LogP contribution in [0.5, 0.6) is 0 Å². The molecule has 0 radical (unpaired) electrons. The summed E-state index contributed by atoms with van der Waals surface area (Å²) in [5, 5.41) is 10.8. The number of ether oxygens (including phenoxy) is 1. The summed E-state index contributed by atoms with van der Waals surface area (Å²) >= 11 is 5.96. The largest absolute Gasteiger partial charge is 0.466 e. The molecule has 2 aromatic carbocycles. The van der Waals surface area contributed by atoms with Gasteiger partial charge in [-0.25, -0.2) is 13.1 Å². The van der Waals surface area contributed by atoms with Crippen LogP contribution in [0.4, 0.5) is 5.69 Å². The van der Waals surface area contributed by atoms with Crippen LogP contribution in [0.1, 0.15) is 30.5 Å². The topological polar surface area (TPSA) is 116 Å². The number of halogens is 1. The van der Waals surface area contributed by atoms with Crippen molar-refractivity contribution in [1.29, 1.82) is 0 Å². The van der Waals surface area contributed by atoms with Crippen molar-refractivity contribution < 1.29 is 22.9 Å². The Balaban J connectivity index is 2.41. The van der Waals surface area contributed by atoms with E-state index in [-0.39, 0.29) is 18.1 Å². The van der Waals surface area contributed by atoms with Crippen molar-refractivity contribution in [2.24, 2.45) is 0 Å². The molecule has 2 rings (SSSR count). The normalized spacial score (nSPS) is 12.4. The molecular weight excluding hydrogens is 408 g/mol. The number of nitrogens with one attached hydrogen (secondary N) is 1. The van der Waals surface area contributed by atoms with Gasteiger partial charge in [0.25, 0.3) is 5.69 Å². The molecule has 10 heteroatoms. The summed E-state index contributed by atoms with van der Waals surface area (Å²) in [4.78, 5) is 21.8. The van der Waals surface area contributed by atoms with Crippen LogP contribution in [-0.4, -0.2) is 25.9 Å². The van der Waals surface area contributed by atoms with Gasteiger partial charge in [-0.2, -0.15) is 0 Å². The van der Waals surface area contributed by atoms with E-state index in [0.29, 0.717) is 5.56 Å². The molecule has 8 nitrogen and oxygen atoms in total. The minimum atomic E-state index is -4.26. The van der Waals surface area contributed by atoms with Gasteiger partial charge in [-0.05, 0) is 25.5 Å². The summed E-state index contributed by atoms with van der Waals surface area (Å²) < 4.78 is 33.0. The molecule has 0 aliphatic heterocycles. The second-order valence-corrected chi connectivity index (χ2v) is 8.06. The number of rotatable bonds is 8. The van der Waals surface area contributed by atoms with Gasteiger partial charge >= 0.3 is 5.97 Å². The first-order valence-corrected chi connectivity index (χ1v) is 10.2. The predicted molar refractivity (Wildman–Crippen MR) is 104 cm³/mol. The quantitative estimate of drug-likeness (QED) is 0.392. The molecule has 0 aromatic heterocycles. The summed E-state index contributed by atoms with van der Waals surface area (Å²) in [5.74, 6) is -0.582. The second kappa shape index (κ2) is 9.13. The molecule has 2 aromatic rings. The van der Waals surface area contributed by atoms with Crippen LogP contribution in [0, 0.1) is 17.0 Å². The molecule has 1 atom stereocenters. The molecule has 150 valence electrons.